The van der Waals surface area contributed by atoms with Crippen LogP contribution in [0, 0.1) is 19.3 Å². The summed E-state index contributed by atoms with van der Waals surface area (Å²) in [5, 5.41) is 8.75. The SMILES string of the molecule is C#Cc1cccc(-c2cccc(C)n2)c1.CC.CC(O)CCN(C)C=O. The first kappa shape index (κ1) is 23.4. The van der Waals surface area contributed by atoms with Crippen LogP contribution in [-0.4, -0.2) is 41.1 Å². The Morgan fingerprint density at radius 2 is 1.92 bits per heavy atom. The molecule has 0 aliphatic carbocycles. The fraction of sp³-hybridized carbons (Fsp3) is 0.364. The van der Waals surface area contributed by atoms with Gasteiger partial charge in [0.05, 0.1) is 11.8 Å². The number of hydrogen-bond acceptors (Lipinski definition) is 3. The molecule has 0 saturated carbocycles. The third-order valence-electron chi connectivity index (χ3n) is 3.29. The molecular formula is C22H30N2O2. The standard InChI is InChI=1S/C14H11N.C6H13NO2.C2H6/c1-3-12-7-5-8-13(10-12)14-9-4-6-11(2)15-14;1-6(9)3-4-7(2)5-8;1-2/h1,4-10H,2H3;5-6,9H,3-4H2,1-2H3;1-2H3. The minimum absolute atomic E-state index is 0.313. The molecule has 1 heterocycles. The van der Waals surface area contributed by atoms with Gasteiger partial charge in [0.25, 0.3) is 0 Å². The summed E-state index contributed by atoms with van der Waals surface area (Å²) in [6, 6.07) is 13.8. The third kappa shape index (κ3) is 9.61. The molecule has 0 fully saturated rings. The molecule has 0 radical (unpaired) electrons. The molecule has 1 aromatic heterocycles. The molecule has 4 nitrogen and oxygen atoms in total. The Morgan fingerprint density at radius 3 is 2.46 bits per heavy atom. The van der Waals surface area contributed by atoms with E-state index in [4.69, 9.17) is 11.5 Å². The van der Waals surface area contributed by atoms with Crippen LogP contribution in [0.3, 0.4) is 0 Å². The van der Waals surface area contributed by atoms with E-state index in [0.717, 1.165) is 28.9 Å². The van der Waals surface area contributed by atoms with Gasteiger partial charge in [-0.2, -0.15) is 0 Å². The number of amides is 1. The maximum atomic E-state index is 9.96. The first-order valence-electron chi connectivity index (χ1n) is 8.80. The van der Waals surface area contributed by atoms with E-state index in [1.54, 1.807) is 14.0 Å². The van der Waals surface area contributed by atoms with Gasteiger partial charge in [-0.1, -0.05) is 38.0 Å². The Kier molecular flexibility index (Phi) is 12.2. The van der Waals surface area contributed by atoms with E-state index in [1.165, 1.54) is 4.90 Å². The van der Waals surface area contributed by atoms with Gasteiger partial charge in [0.1, 0.15) is 0 Å². The summed E-state index contributed by atoms with van der Waals surface area (Å²) in [5.74, 6) is 2.62. The molecule has 26 heavy (non-hydrogen) atoms. The van der Waals surface area contributed by atoms with Crippen LogP contribution < -0.4 is 0 Å². The van der Waals surface area contributed by atoms with Crippen LogP contribution in [-0.2, 0) is 4.79 Å². The number of aliphatic hydroxyl groups is 1. The minimum atomic E-state index is -0.313. The number of aromatic nitrogens is 1. The van der Waals surface area contributed by atoms with E-state index in [0.29, 0.717) is 13.0 Å². The molecule has 0 saturated heterocycles. The van der Waals surface area contributed by atoms with Crippen LogP contribution in [0.1, 0.15) is 38.4 Å². The molecule has 4 heteroatoms. The highest BCUT2D eigenvalue weighted by atomic mass is 16.3. The first-order valence-corrected chi connectivity index (χ1v) is 8.80. The molecule has 140 valence electrons. The number of hydrogen-bond donors (Lipinski definition) is 1. The zero-order valence-corrected chi connectivity index (χ0v) is 16.4. The summed E-state index contributed by atoms with van der Waals surface area (Å²) in [7, 11) is 1.69. The molecular weight excluding hydrogens is 324 g/mol. The fourth-order valence-corrected chi connectivity index (χ4v) is 1.92. The van der Waals surface area contributed by atoms with E-state index in [1.807, 2.05) is 63.2 Å². The van der Waals surface area contributed by atoms with E-state index in [2.05, 4.69) is 10.9 Å². The Bertz CT molecular complexity index is 691. The molecule has 0 bridgehead atoms. The summed E-state index contributed by atoms with van der Waals surface area (Å²) >= 11 is 0. The molecule has 0 aliphatic heterocycles. The molecule has 1 amide bonds. The van der Waals surface area contributed by atoms with Gasteiger partial charge < -0.3 is 10.0 Å². The number of carbonyl (C=O) groups is 1. The molecule has 1 N–H and O–H groups in total. The first-order chi connectivity index (χ1) is 12.5. The Balaban J connectivity index is 0.000000492. The van der Waals surface area contributed by atoms with Crippen LogP contribution in [0.4, 0.5) is 0 Å². The largest absolute Gasteiger partial charge is 0.393 e. The van der Waals surface area contributed by atoms with Gasteiger partial charge in [-0.25, -0.2) is 0 Å². The summed E-state index contributed by atoms with van der Waals surface area (Å²) in [6.07, 6.45) is 6.44. The van der Waals surface area contributed by atoms with Gasteiger partial charge in [0.2, 0.25) is 6.41 Å². The highest BCUT2D eigenvalue weighted by Crippen LogP contribution is 2.18. The van der Waals surface area contributed by atoms with Gasteiger partial charge in [0, 0.05) is 30.4 Å². The molecule has 1 aromatic carbocycles. The van der Waals surface area contributed by atoms with E-state index in [9.17, 15) is 4.79 Å². The summed E-state index contributed by atoms with van der Waals surface area (Å²) in [5.41, 5.74) is 3.93. The maximum Gasteiger partial charge on any atom is 0.209 e. The second-order valence-corrected chi connectivity index (χ2v) is 5.61. The predicted octanol–water partition coefficient (Wildman–Crippen LogP) is 3.91. The summed E-state index contributed by atoms with van der Waals surface area (Å²) in [6.45, 7) is 8.31. The van der Waals surface area contributed by atoms with Crippen molar-refractivity contribution in [2.24, 2.45) is 0 Å². The Morgan fingerprint density at radius 1 is 1.27 bits per heavy atom. The number of rotatable bonds is 5. The van der Waals surface area contributed by atoms with Crippen molar-refractivity contribution in [3.05, 3.63) is 53.7 Å². The summed E-state index contributed by atoms with van der Waals surface area (Å²) in [4.78, 5) is 15.9. The fourth-order valence-electron chi connectivity index (χ4n) is 1.92. The zero-order chi connectivity index (χ0) is 19.9. The lowest BCUT2D eigenvalue weighted by Gasteiger charge is -2.10. The number of benzene rings is 1. The van der Waals surface area contributed by atoms with Crippen molar-refractivity contribution < 1.29 is 9.90 Å². The van der Waals surface area contributed by atoms with Crippen molar-refractivity contribution >= 4 is 6.41 Å². The second-order valence-electron chi connectivity index (χ2n) is 5.61. The monoisotopic (exact) mass is 354 g/mol. The summed E-state index contributed by atoms with van der Waals surface area (Å²) < 4.78 is 0. The highest BCUT2D eigenvalue weighted by Gasteiger charge is 1.99. The van der Waals surface area contributed by atoms with E-state index >= 15 is 0 Å². The molecule has 0 aliphatic rings. The van der Waals surface area contributed by atoms with E-state index < -0.39 is 0 Å². The van der Waals surface area contributed by atoms with Crippen molar-refractivity contribution in [2.45, 2.75) is 40.2 Å². The average Bonchev–Trinajstić information content (AvgIpc) is 2.68. The lowest BCUT2D eigenvalue weighted by Crippen LogP contribution is -2.20. The number of aryl methyl sites for hydroxylation is 1. The predicted molar refractivity (Wildman–Crippen MR) is 109 cm³/mol. The van der Waals surface area contributed by atoms with Crippen LogP contribution in [0.5, 0.6) is 0 Å². The lowest BCUT2D eigenvalue weighted by molar-refractivity contribution is -0.117. The van der Waals surface area contributed by atoms with Gasteiger partial charge in [-0.3, -0.25) is 9.78 Å². The van der Waals surface area contributed by atoms with Crippen molar-refractivity contribution in [3.8, 4) is 23.6 Å². The Labute approximate surface area is 157 Å². The van der Waals surface area contributed by atoms with Crippen LogP contribution in [0.25, 0.3) is 11.3 Å². The second kappa shape index (κ2) is 13.6. The van der Waals surface area contributed by atoms with Crippen molar-refractivity contribution in [1.82, 2.24) is 9.88 Å². The number of aliphatic hydroxyl groups excluding tert-OH is 1. The molecule has 2 aromatic rings. The zero-order valence-electron chi connectivity index (χ0n) is 16.4. The van der Waals surface area contributed by atoms with Gasteiger partial charge in [-0.15, -0.1) is 6.42 Å². The number of terminal acetylenes is 1. The minimum Gasteiger partial charge on any atom is -0.393 e. The quantitative estimate of drug-likeness (QED) is 0.654. The smallest absolute Gasteiger partial charge is 0.209 e. The van der Waals surface area contributed by atoms with Gasteiger partial charge in [-0.05, 0) is 44.5 Å². The molecule has 0 spiro atoms. The molecule has 2 rings (SSSR count). The van der Waals surface area contributed by atoms with Gasteiger partial charge in [0.15, 0.2) is 0 Å². The van der Waals surface area contributed by atoms with E-state index in [-0.39, 0.29) is 6.10 Å². The van der Waals surface area contributed by atoms with Crippen LogP contribution in [0.2, 0.25) is 0 Å². The maximum absolute atomic E-state index is 9.96. The van der Waals surface area contributed by atoms with Crippen molar-refractivity contribution in [2.75, 3.05) is 13.6 Å². The normalized spacial score (nSPS) is 10.2. The number of pyridine rings is 1. The third-order valence-corrected chi connectivity index (χ3v) is 3.29. The van der Waals surface area contributed by atoms with Crippen molar-refractivity contribution in [3.63, 3.8) is 0 Å². The molecule has 1 unspecified atom stereocenters. The number of carbonyl (C=O) groups excluding carboxylic acids is 1. The highest BCUT2D eigenvalue weighted by molar-refractivity contribution is 5.61. The number of nitrogens with zero attached hydrogens (tertiary/aromatic N) is 2. The van der Waals surface area contributed by atoms with Crippen molar-refractivity contribution in [1.29, 1.82) is 0 Å². The Hall–Kier alpha value is -2.64. The van der Waals surface area contributed by atoms with Crippen LogP contribution in [0.15, 0.2) is 42.5 Å². The molecule has 1 atom stereocenters. The average molecular weight is 354 g/mol. The van der Waals surface area contributed by atoms with Gasteiger partial charge >= 0.3 is 0 Å². The lowest BCUT2D eigenvalue weighted by atomic mass is 10.1. The topological polar surface area (TPSA) is 53.4 Å². The van der Waals surface area contributed by atoms with Crippen LogP contribution >= 0.6 is 0 Å².